The number of fused-ring (bicyclic) bond motifs is 3. The third kappa shape index (κ3) is 3.30. The smallest absolute Gasteiger partial charge is 0.261 e. The molecule has 0 radical (unpaired) electrons. The first-order chi connectivity index (χ1) is 13.5. The van der Waals surface area contributed by atoms with Crippen LogP contribution in [0.3, 0.4) is 0 Å². The first-order valence-corrected chi connectivity index (χ1v) is 9.61. The highest BCUT2D eigenvalue weighted by atomic mass is 35.5. The molecule has 28 heavy (non-hydrogen) atoms. The molecule has 0 aliphatic rings. The number of hydrogen-bond acceptors (Lipinski definition) is 4. The molecule has 0 unspecified atom stereocenters. The lowest BCUT2D eigenvalue weighted by molar-refractivity contribution is 0.385. The van der Waals surface area contributed by atoms with Gasteiger partial charge in [-0.3, -0.25) is 4.79 Å². The van der Waals surface area contributed by atoms with Gasteiger partial charge in [0.25, 0.3) is 5.56 Å². The van der Waals surface area contributed by atoms with Crippen molar-refractivity contribution >= 4 is 28.2 Å². The van der Waals surface area contributed by atoms with Crippen molar-refractivity contribution in [3.05, 3.63) is 63.8 Å². The SMILES string of the molecule is Cc1nn2c(ncc3c(=O)n(CCCN(C)C)ccc32)c1-c1ccc(Cl)cc1. The number of aryl methyl sites for hydroxylation is 2. The second-order valence-electron chi connectivity index (χ2n) is 7.23. The summed E-state index contributed by atoms with van der Waals surface area (Å²) in [6.07, 6.45) is 4.42. The van der Waals surface area contributed by atoms with Gasteiger partial charge in [-0.05, 0) is 57.7 Å². The van der Waals surface area contributed by atoms with E-state index >= 15 is 0 Å². The van der Waals surface area contributed by atoms with Gasteiger partial charge in [0.05, 0.1) is 16.6 Å². The van der Waals surface area contributed by atoms with Gasteiger partial charge in [-0.15, -0.1) is 0 Å². The average molecular weight is 396 g/mol. The molecule has 0 amide bonds. The molecule has 0 saturated heterocycles. The van der Waals surface area contributed by atoms with Crippen molar-refractivity contribution in [3.63, 3.8) is 0 Å². The summed E-state index contributed by atoms with van der Waals surface area (Å²) < 4.78 is 3.51. The highest BCUT2D eigenvalue weighted by Crippen LogP contribution is 2.29. The summed E-state index contributed by atoms with van der Waals surface area (Å²) in [5.74, 6) is 0. The minimum Gasteiger partial charge on any atom is -0.315 e. The predicted octanol–water partition coefficient (Wildman–Crippen LogP) is 3.62. The monoisotopic (exact) mass is 395 g/mol. The Bertz CT molecular complexity index is 1210. The van der Waals surface area contributed by atoms with Crippen LogP contribution in [0.15, 0.2) is 47.5 Å². The molecule has 3 aromatic heterocycles. The molecule has 0 N–H and O–H groups in total. The Balaban J connectivity index is 1.82. The van der Waals surface area contributed by atoms with Gasteiger partial charge in [-0.25, -0.2) is 9.50 Å². The molecule has 0 aliphatic carbocycles. The number of halogens is 1. The third-order valence-electron chi connectivity index (χ3n) is 4.90. The highest BCUT2D eigenvalue weighted by Gasteiger charge is 2.16. The molecule has 4 aromatic rings. The molecule has 6 nitrogen and oxygen atoms in total. The van der Waals surface area contributed by atoms with Gasteiger partial charge in [-0.1, -0.05) is 23.7 Å². The number of aromatic nitrogens is 4. The van der Waals surface area contributed by atoms with Crippen LogP contribution in [0, 0.1) is 6.92 Å². The molecule has 4 rings (SSSR count). The third-order valence-corrected chi connectivity index (χ3v) is 5.15. The van der Waals surface area contributed by atoms with Gasteiger partial charge in [-0.2, -0.15) is 5.10 Å². The molecule has 0 atom stereocenters. The van der Waals surface area contributed by atoms with Crippen LogP contribution >= 0.6 is 11.6 Å². The second-order valence-corrected chi connectivity index (χ2v) is 7.67. The molecule has 3 heterocycles. The van der Waals surface area contributed by atoms with Crippen molar-refractivity contribution < 1.29 is 0 Å². The summed E-state index contributed by atoms with van der Waals surface area (Å²) in [6, 6.07) is 9.57. The zero-order valence-corrected chi connectivity index (χ0v) is 16.9. The van der Waals surface area contributed by atoms with Crippen LogP contribution in [-0.2, 0) is 6.54 Å². The van der Waals surface area contributed by atoms with Crippen LogP contribution in [-0.4, -0.2) is 44.7 Å². The average Bonchev–Trinajstić information content (AvgIpc) is 3.00. The van der Waals surface area contributed by atoms with Gasteiger partial charge in [0, 0.05) is 29.5 Å². The molecule has 144 valence electrons. The maximum absolute atomic E-state index is 12.9. The highest BCUT2D eigenvalue weighted by molar-refractivity contribution is 6.30. The molecule has 0 spiro atoms. The Labute approximate surface area is 168 Å². The summed E-state index contributed by atoms with van der Waals surface area (Å²) in [4.78, 5) is 19.6. The predicted molar refractivity (Wildman–Crippen MR) is 113 cm³/mol. The van der Waals surface area contributed by atoms with Crippen LogP contribution in [0.1, 0.15) is 12.1 Å². The van der Waals surface area contributed by atoms with Crippen LogP contribution in [0.2, 0.25) is 5.02 Å². The van der Waals surface area contributed by atoms with Crippen molar-refractivity contribution in [2.24, 2.45) is 0 Å². The van der Waals surface area contributed by atoms with Gasteiger partial charge in [0.1, 0.15) is 0 Å². The lowest BCUT2D eigenvalue weighted by Gasteiger charge is -2.11. The van der Waals surface area contributed by atoms with Crippen molar-refractivity contribution in [3.8, 4) is 11.1 Å². The number of rotatable bonds is 5. The fraction of sp³-hybridized carbons (Fsp3) is 0.286. The maximum atomic E-state index is 12.9. The molecular weight excluding hydrogens is 374 g/mol. The topological polar surface area (TPSA) is 55.4 Å². The van der Waals surface area contributed by atoms with Crippen LogP contribution < -0.4 is 5.56 Å². The summed E-state index contributed by atoms with van der Waals surface area (Å²) in [6.45, 7) is 3.57. The van der Waals surface area contributed by atoms with Crippen molar-refractivity contribution in [1.29, 1.82) is 0 Å². The van der Waals surface area contributed by atoms with E-state index in [4.69, 9.17) is 11.6 Å². The minimum atomic E-state index is -0.0353. The van der Waals surface area contributed by atoms with E-state index in [9.17, 15) is 4.79 Å². The van der Waals surface area contributed by atoms with E-state index < -0.39 is 0 Å². The molecular formula is C21H22ClN5O. The quantitative estimate of drug-likeness (QED) is 0.518. The molecule has 0 bridgehead atoms. The summed E-state index contributed by atoms with van der Waals surface area (Å²) >= 11 is 6.02. The summed E-state index contributed by atoms with van der Waals surface area (Å²) in [7, 11) is 4.06. The number of nitrogens with zero attached hydrogens (tertiary/aromatic N) is 5. The van der Waals surface area contributed by atoms with Crippen molar-refractivity contribution in [1.82, 2.24) is 24.1 Å². The van der Waals surface area contributed by atoms with E-state index in [2.05, 4.69) is 15.0 Å². The normalized spacial score (nSPS) is 11.8. The first-order valence-electron chi connectivity index (χ1n) is 9.24. The summed E-state index contributed by atoms with van der Waals surface area (Å²) in [5, 5.41) is 5.92. The van der Waals surface area contributed by atoms with Crippen LogP contribution in [0.5, 0.6) is 0 Å². The van der Waals surface area contributed by atoms with Crippen LogP contribution in [0.4, 0.5) is 0 Å². The fourth-order valence-electron chi connectivity index (χ4n) is 3.50. The molecule has 0 fully saturated rings. The van der Waals surface area contributed by atoms with Crippen molar-refractivity contribution in [2.75, 3.05) is 20.6 Å². The van der Waals surface area contributed by atoms with E-state index in [-0.39, 0.29) is 5.56 Å². The Morgan fingerprint density at radius 2 is 1.89 bits per heavy atom. The van der Waals surface area contributed by atoms with Gasteiger partial charge < -0.3 is 9.47 Å². The Hall–Kier alpha value is -2.70. The Morgan fingerprint density at radius 1 is 1.14 bits per heavy atom. The zero-order chi connectivity index (χ0) is 19.8. The number of benzene rings is 1. The standard InChI is InChI=1S/C21H22ClN5O/c1-14-19(15-5-7-16(22)8-6-15)20-23-13-17-18(27(20)24-14)9-12-26(21(17)28)11-4-10-25(2)3/h5-9,12-13H,4,10-11H2,1-3H3. The van der Waals surface area contributed by atoms with E-state index in [1.807, 2.05) is 57.5 Å². The Morgan fingerprint density at radius 3 is 2.61 bits per heavy atom. The van der Waals surface area contributed by atoms with Gasteiger partial charge >= 0.3 is 0 Å². The first kappa shape index (κ1) is 18.7. The van der Waals surface area contributed by atoms with E-state index in [0.29, 0.717) is 17.0 Å². The van der Waals surface area contributed by atoms with Crippen molar-refractivity contribution in [2.45, 2.75) is 19.9 Å². The Kier molecular flexibility index (Phi) is 4.91. The lowest BCUT2D eigenvalue weighted by atomic mass is 10.1. The number of pyridine rings is 1. The van der Waals surface area contributed by atoms with Gasteiger partial charge in [0.15, 0.2) is 5.65 Å². The summed E-state index contributed by atoms with van der Waals surface area (Å²) in [5.41, 5.74) is 4.28. The fourth-order valence-corrected chi connectivity index (χ4v) is 3.63. The van der Waals surface area contributed by atoms with E-state index in [1.165, 1.54) is 0 Å². The molecule has 0 saturated carbocycles. The molecule has 0 aliphatic heterocycles. The second kappa shape index (κ2) is 7.37. The van der Waals surface area contributed by atoms with E-state index in [1.54, 1.807) is 15.3 Å². The number of hydrogen-bond donors (Lipinski definition) is 0. The molecule has 1 aromatic carbocycles. The van der Waals surface area contributed by atoms with Gasteiger partial charge in [0.2, 0.25) is 0 Å². The molecule has 7 heteroatoms. The van der Waals surface area contributed by atoms with E-state index in [0.717, 1.165) is 41.0 Å². The minimum absolute atomic E-state index is 0.0353. The largest absolute Gasteiger partial charge is 0.315 e. The maximum Gasteiger partial charge on any atom is 0.261 e. The zero-order valence-electron chi connectivity index (χ0n) is 16.2. The van der Waals surface area contributed by atoms with Crippen LogP contribution in [0.25, 0.3) is 27.7 Å². The lowest BCUT2D eigenvalue weighted by Crippen LogP contribution is -2.23.